The Morgan fingerprint density at radius 1 is 1.41 bits per heavy atom. The van der Waals surface area contributed by atoms with Gasteiger partial charge in [-0.3, -0.25) is 20.0 Å². The number of hydrogen-bond acceptors (Lipinski definition) is 3. The number of imide groups is 1. The molecule has 1 fully saturated rings. The first-order valence-electron chi connectivity index (χ1n) is 5.64. The number of aryl methyl sites for hydroxylation is 1. The number of rotatable bonds is 2. The fourth-order valence-electron chi connectivity index (χ4n) is 2.05. The number of aromatic amines is 1. The lowest BCUT2D eigenvalue weighted by Crippen LogP contribution is -2.39. The van der Waals surface area contributed by atoms with Crippen molar-refractivity contribution in [3.05, 3.63) is 23.0 Å². The molecule has 2 N–H and O–H groups in total. The number of carbonyl (C=O) groups excluding carboxylic acids is 2. The fraction of sp³-hybridized carbons (Fsp3) is 0.417. The van der Waals surface area contributed by atoms with E-state index in [4.69, 9.17) is 0 Å². The van der Waals surface area contributed by atoms with Gasteiger partial charge in [0.1, 0.15) is 0 Å². The highest BCUT2D eigenvalue weighted by Gasteiger charge is 2.31. The second-order valence-corrected chi connectivity index (χ2v) is 4.15. The number of allylic oxidation sites excluding steroid dienone is 1. The molecule has 17 heavy (non-hydrogen) atoms. The first-order valence-corrected chi connectivity index (χ1v) is 5.64. The maximum Gasteiger partial charge on any atom is 0.235 e. The van der Waals surface area contributed by atoms with Crippen molar-refractivity contribution in [3.8, 4) is 0 Å². The molecule has 0 radical (unpaired) electrons. The highest BCUT2D eigenvalue weighted by molar-refractivity contribution is 6.01. The summed E-state index contributed by atoms with van der Waals surface area (Å²) in [5.41, 5.74) is 2.61. The summed E-state index contributed by atoms with van der Waals surface area (Å²) >= 11 is 0. The average molecular weight is 233 g/mol. The molecule has 1 atom stereocenters. The lowest BCUT2D eigenvalue weighted by molar-refractivity contribution is -0.134. The number of aromatic nitrogens is 2. The summed E-state index contributed by atoms with van der Waals surface area (Å²) < 4.78 is 0. The average Bonchev–Trinajstić information content (AvgIpc) is 2.62. The van der Waals surface area contributed by atoms with Crippen LogP contribution in [0, 0.1) is 6.92 Å². The highest BCUT2D eigenvalue weighted by atomic mass is 16.2. The molecule has 2 heterocycles. The number of nitrogens with zero attached hydrogens (tertiary/aromatic N) is 1. The van der Waals surface area contributed by atoms with Gasteiger partial charge < -0.3 is 0 Å². The Hall–Kier alpha value is -1.91. The van der Waals surface area contributed by atoms with Crippen LogP contribution in [-0.4, -0.2) is 22.0 Å². The van der Waals surface area contributed by atoms with Gasteiger partial charge >= 0.3 is 0 Å². The molecule has 1 saturated heterocycles. The van der Waals surface area contributed by atoms with E-state index in [9.17, 15) is 9.59 Å². The molecule has 1 aliphatic rings. The summed E-state index contributed by atoms with van der Waals surface area (Å²) in [6, 6.07) is 0. The largest absolute Gasteiger partial charge is 0.296 e. The van der Waals surface area contributed by atoms with Gasteiger partial charge in [0.2, 0.25) is 11.8 Å². The van der Waals surface area contributed by atoms with Crippen molar-refractivity contribution in [3.63, 3.8) is 0 Å². The minimum atomic E-state index is -0.330. The molecule has 1 aromatic rings. The third-order valence-electron chi connectivity index (χ3n) is 2.93. The van der Waals surface area contributed by atoms with Crippen molar-refractivity contribution in [2.24, 2.45) is 0 Å². The Balaban J connectivity index is 2.34. The van der Waals surface area contributed by atoms with Crippen LogP contribution in [0.4, 0.5) is 0 Å². The van der Waals surface area contributed by atoms with Crippen molar-refractivity contribution >= 4 is 17.9 Å². The van der Waals surface area contributed by atoms with E-state index >= 15 is 0 Å². The quantitative estimate of drug-likeness (QED) is 0.755. The standard InChI is InChI=1S/C12H15N3O2/c1-3-4-8-7(2)14-15-11(8)9-5-6-10(16)13-12(9)17/h3-4,9H,5-6H2,1-2H3,(H,14,15)(H,13,16,17)/b4-3-. The van der Waals surface area contributed by atoms with E-state index in [0.717, 1.165) is 17.0 Å². The Bertz CT molecular complexity index is 488. The van der Waals surface area contributed by atoms with Crippen LogP contribution in [0.2, 0.25) is 0 Å². The van der Waals surface area contributed by atoms with Gasteiger partial charge in [-0.25, -0.2) is 0 Å². The predicted molar refractivity (Wildman–Crippen MR) is 63.2 cm³/mol. The third kappa shape index (κ3) is 2.13. The number of nitrogens with one attached hydrogen (secondary N) is 2. The molecule has 2 rings (SSSR count). The van der Waals surface area contributed by atoms with Crippen molar-refractivity contribution in [2.75, 3.05) is 0 Å². The molecule has 1 aromatic heterocycles. The van der Waals surface area contributed by atoms with Crippen molar-refractivity contribution in [1.82, 2.24) is 15.5 Å². The maximum atomic E-state index is 11.8. The number of hydrogen-bond donors (Lipinski definition) is 2. The minimum Gasteiger partial charge on any atom is -0.296 e. The number of amides is 2. The number of carbonyl (C=O) groups is 2. The van der Waals surface area contributed by atoms with Gasteiger partial charge in [0.15, 0.2) is 0 Å². The van der Waals surface area contributed by atoms with Gasteiger partial charge in [0, 0.05) is 17.7 Å². The maximum absolute atomic E-state index is 11.8. The monoisotopic (exact) mass is 233 g/mol. The second kappa shape index (κ2) is 4.53. The number of H-pyrrole nitrogens is 1. The first kappa shape index (κ1) is 11.6. The zero-order valence-electron chi connectivity index (χ0n) is 9.91. The van der Waals surface area contributed by atoms with E-state index < -0.39 is 0 Å². The van der Waals surface area contributed by atoms with Crippen LogP contribution in [0.3, 0.4) is 0 Å². The Kier molecular flexibility index (Phi) is 3.08. The molecule has 0 aromatic carbocycles. The van der Waals surface area contributed by atoms with Crippen LogP contribution in [0.1, 0.15) is 42.6 Å². The van der Waals surface area contributed by atoms with Gasteiger partial charge in [-0.05, 0) is 20.3 Å². The normalized spacial score (nSPS) is 20.9. The predicted octanol–water partition coefficient (Wildman–Crippen LogP) is 1.27. The SMILES string of the molecule is C/C=C\c1c(C2CCC(=O)NC2=O)n[nH]c1C. The molecule has 0 bridgehead atoms. The molecule has 2 amide bonds. The molecule has 0 aliphatic carbocycles. The van der Waals surface area contributed by atoms with Crippen LogP contribution < -0.4 is 5.32 Å². The topological polar surface area (TPSA) is 74.8 Å². The van der Waals surface area contributed by atoms with Crippen molar-refractivity contribution in [2.45, 2.75) is 32.6 Å². The Morgan fingerprint density at radius 2 is 2.18 bits per heavy atom. The lowest BCUT2D eigenvalue weighted by atomic mass is 9.92. The van der Waals surface area contributed by atoms with Crippen LogP contribution in [0.25, 0.3) is 6.08 Å². The molecule has 90 valence electrons. The van der Waals surface area contributed by atoms with Gasteiger partial charge in [0.05, 0.1) is 11.6 Å². The van der Waals surface area contributed by atoms with E-state index in [2.05, 4.69) is 15.5 Å². The lowest BCUT2D eigenvalue weighted by Gasteiger charge is -2.19. The minimum absolute atomic E-state index is 0.203. The van der Waals surface area contributed by atoms with E-state index in [1.807, 2.05) is 26.0 Å². The van der Waals surface area contributed by atoms with E-state index in [1.54, 1.807) is 0 Å². The first-order chi connectivity index (χ1) is 8.13. The second-order valence-electron chi connectivity index (χ2n) is 4.15. The zero-order valence-corrected chi connectivity index (χ0v) is 9.91. The molecular formula is C12H15N3O2. The Morgan fingerprint density at radius 3 is 2.82 bits per heavy atom. The summed E-state index contributed by atoms with van der Waals surface area (Å²) in [5.74, 6) is -0.784. The number of piperidine rings is 1. The summed E-state index contributed by atoms with van der Waals surface area (Å²) in [5, 5.41) is 9.42. The molecule has 5 nitrogen and oxygen atoms in total. The van der Waals surface area contributed by atoms with Crippen molar-refractivity contribution < 1.29 is 9.59 Å². The summed E-state index contributed by atoms with van der Waals surface area (Å²) in [7, 11) is 0. The van der Waals surface area contributed by atoms with E-state index in [0.29, 0.717) is 12.8 Å². The Labute approximate surface area is 99.3 Å². The highest BCUT2D eigenvalue weighted by Crippen LogP contribution is 2.28. The van der Waals surface area contributed by atoms with Gasteiger partial charge in [-0.1, -0.05) is 12.2 Å². The van der Waals surface area contributed by atoms with Gasteiger partial charge in [-0.2, -0.15) is 5.10 Å². The van der Waals surface area contributed by atoms with Crippen molar-refractivity contribution in [1.29, 1.82) is 0 Å². The van der Waals surface area contributed by atoms with Crippen LogP contribution in [-0.2, 0) is 9.59 Å². The molecule has 1 unspecified atom stereocenters. The molecule has 0 saturated carbocycles. The molecular weight excluding hydrogens is 218 g/mol. The zero-order chi connectivity index (χ0) is 12.4. The third-order valence-corrected chi connectivity index (χ3v) is 2.93. The van der Waals surface area contributed by atoms with E-state index in [-0.39, 0.29) is 17.7 Å². The van der Waals surface area contributed by atoms with Crippen LogP contribution in [0.5, 0.6) is 0 Å². The fourth-order valence-corrected chi connectivity index (χ4v) is 2.05. The van der Waals surface area contributed by atoms with Gasteiger partial charge in [0.25, 0.3) is 0 Å². The van der Waals surface area contributed by atoms with Crippen LogP contribution >= 0.6 is 0 Å². The molecule has 0 spiro atoms. The molecule has 5 heteroatoms. The summed E-state index contributed by atoms with van der Waals surface area (Å²) in [6.45, 7) is 3.83. The molecule has 1 aliphatic heterocycles. The van der Waals surface area contributed by atoms with Crippen LogP contribution in [0.15, 0.2) is 6.08 Å². The smallest absolute Gasteiger partial charge is 0.235 e. The van der Waals surface area contributed by atoms with E-state index in [1.165, 1.54) is 0 Å². The van der Waals surface area contributed by atoms with Gasteiger partial charge in [-0.15, -0.1) is 0 Å². The summed E-state index contributed by atoms with van der Waals surface area (Å²) in [6.07, 6.45) is 4.74. The summed E-state index contributed by atoms with van der Waals surface area (Å²) in [4.78, 5) is 22.9.